The van der Waals surface area contributed by atoms with Crippen LogP contribution in [0.3, 0.4) is 0 Å². The Kier molecular flexibility index (Phi) is 4.81. The molecule has 0 aliphatic carbocycles. The van der Waals surface area contributed by atoms with E-state index in [4.69, 9.17) is 16.6 Å². The lowest BCUT2D eigenvalue weighted by atomic mass is 10.1. The molecule has 0 radical (unpaired) electrons. The Bertz CT molecular complexity index is 875. The molecule has 3 rings (SSSR count). The number of aryl methyl sites for hydroxylation is 1. The number of furan rings is 1. The van der Waals surface area contributed by atoms with Crippen molar-refractivity contribution in [2.24, 2.45) is 0 Å². The third-order valence-electron chi connectivity index (χ3n) is 3.96. The molecule has 0 aliphatic rings. The summed E-state index contributed by atoms with van der Waals surface area (Å²) < 4.78 is 19.7. The monoisotopic (exact) mass is 342 g/mol. The summed E-state index contributed by atoms with van der Waals surface area (Å²) in [6, 6.07) is 14.5. The van der Waals surface area contributed by atoms with Crippen LogP contribution in [-0.2, 0) is 13.0 Å². The van der Waals surface area contributed by atoms with Gasteiger partial charge in [0.15, 0.2) is 5.11 Å². The van der Waals surface area contributed by atoms with E-state index in [0.29, 0.717) is 17.3 Å². The molecule has 0 spiro atoms. The number of thiocarbonyl (C=S) groups is 1. The van der Waals surface area contributed by atoms with E-state index in [0.717, 1.165) is 28.7 Å². The van der Waals surface area contributed by atoms with E-state index in [1.165, 1.54) is 6.07 Å². The topological polar surface area (TPSA) is 28.4 Å². The summed E-state index contributed by atoms with van der Waals surface area (Å²) in [5, 5.41) is 4.52. The highest BCUT2D eigenvalue weighted by Gasteiger charge is 2.16. The second-order valence-electron chi connectivity index (χ2n) is 5.62. The average Bonchev–Trinajstić information content (AvgIpc) is 2.94. The van der Waals surface area contributed by atoms with Gasteiger partial charge in [-0.3, -0.25) is 0 Å². The number of halogens is 1. The quantitative estimate of drug-likeness (QED) is 0.678. The standard InChI is InChI=1S/C19H19FN2OS/c1-3-17-14(13-8-4-7-11-18(13)23-17)12-22(2)19(24)21-16-10-6-5-9-15(16)20/h4-11H,3,12H2,1-2H3,(H,21,24). The first-order chi connectivity index (χ1) is 11.6. The van der Waals surface area contributed by atoms with Gasteiger partial charge in [0.2, 0.25) is 0 Å². The van der Waals surface area contributed by atoms with Crippen molar-refractivity contribution in [3.8, 4) is 0 Å². The largest absolute Gasteiger partial charge is 0.461 e. The molecule has 24 heavy (non-hydrogen) atoms. The number of benzene rings is 2. The van der Waals surface area contributed by atoms with E-state index in [9.17, 15) is 4.39 Å². The van der Waals surface area contributed by atoms with E-state index in [1.54, 1.807) is 18.2 Å². The summed E-state index contributed by atoms with van der Waals surface area (Å²) >= 11 is 5.41. The molecular weight excluding hydrogens is 323 g/mol. The van der Waals surface area contributed by atoms with Crippen LogP contribution >= 0.6 is 12.2 Å². The van der Waals surface area contributed by atoms with E-state index in [2.05, 4.69) is 18.3 Å². The first-order valence-corrected chi connectivity index (χ1v) is 8.27. The molecule has 0 saturated heterocycles. The predicted molar refractivity (Wildman–Crippen MR) is 99.7 cm³/mol. The van der Waals surface area contributed by atoms with Crippen molar-refractivity contribution in [2.75, 3.05) is 12.4 Å². The van der Waals surface area contributed by atoms with E-state index in [1.807, 2.05) is 30.1 Å². The highest BCUT2D eigenvalue weighted by atomic mass is 32.1. The van der Waals surface area contributed by atoms with Crippen LogP contribution in [0.25, 0.3) is 11.0 Å². The van der Waals surface area contributed by atoms with E-state index < -0.39 is 0 Å². The van der Waals surface area contributed by atoms with Crippen LogP contribution in [0.1, 0.15) is 18.2 Å². The Morgan fingerprint density at radius 1 is 1.17 bits per heavy atom. The fourth-order valence-corrected chi connectivity index (χ4v) is 2.87. The summed E-state index contributed by atoms with van der Waals surface area (Å²) in [7, 11) is 1.89. The second-order valence-corrected chi connectivity index (χ2v) is 6.01. The van der Waals surface area contributed by atoms with Gasteiger partial charge >= 0.3 is 0 Å². The van der Waals surface area contributed by atoms with Gasteiger partial charge in [-0.15, -0.1) is 0 Å². The highest BCUT2D eigenvalue weighted by molar-refractivity contribution is 7.80. The number of para-hydroxylation sites is 2. The van der Waals surface area contributed by atoms with Crippen LogP contribution in [0.2, 0.25) is 0 Å². The number of rotatable bonds is 4. The van der Waals surface area contributed by atoms with Gasteiger partial charge in [-0.1, -0.05) is 37.3 Å². The van der Waals surface area contributed by atoms with Crippen LogP contribution in [-0.4, -0.2) is 17.1 Å². The molecule has 0 aliphatic heterocycles. The van der Waals surface area contributed by atoms with Crippen LogP contribution in [0.15, 0.2) is 52.9 Å². The van der Waals surface area contributed by atoms with Gasteiger partial charge in [-0.2, -0.15) is 0 Å². The normalized spacial score (nSPS) is 10.8. The molecule has 5 heteroatoms. The van der Waals surface area contributed by atoms with Crippen LogP contribution in [0.4, 0.5) is 10.1 Å². The maximum Gasteiger partial charge on any atom is 0.173 e. The third-order valence-corrected chi connectivity index (χ3v) is 4.37. The summed E-state index contributed by atoms with van der Waals surface area (Å²) in [5.74, 6) is 0.632. The Hall–Kier alpha value is -2.40. The second kappa shape index (κ2) is 7.01. The molecule has 0 atom stereocenters. The molecule has 0 unspecified atom stereocenters. The summed E-state index contributed by atoms with van der Waals surface area (Å²) in [6.45, 7) is 2.66. The van der Waals surface area contributed by atoms with Crippen LogP contribution in [0.5, 0.6) is 0 Å². The molecule has 1 aromatic heterocycles. The SMILES string of the molecule is CCc1oc2ccccc2c1CN(C)C(=S)Nc1ccccc1F. The number of fused-ring (bicyclic) bond motifs is 1. The van der Waals surface area contributed by atoms with Gasteiger partial charge in [-0.25, -0.2) is 4.39 Å². The molecule has 0 saturated carbocycles. The average molecular weight is 342 g/mol. The van der Waals surface area contributed by atoms with Crippen molar-refractivity contribution in [2.45, 2.75) is 19.9 Å². The number of nitrogens with zero attached hydrogens (tertiary/aromatic N) is 1. The van der Waals surface area contributed by atoms with Crippen molar-refractivity contribution >= 4 is 34.0 Å². The van der Waals surface area contributed by atoms with Crippen molar-refractivity contribution in [3.63, 3.8) is 0 Å². The summed E-state index contributed by atoms with van der Waals surface area (Å²) in [5.41, 5.74) is 2.38. The zero-order valence-electron chi connectivity index (χ0n) is 13.7. The summed E-state index contributed by atoms with van der Waals surface area (Å²) in [6.07, 6.45) is 0.811. The molecular formula is C19H19FN2OS. The van der Waals surface area contributed by atoms with Crippen LogP contribution < -0.4 is 5.32 Å². The molecule has 2 aromatic carbocycles. The Labute approximate surface area is 146 Å². The van der Waals surface area contributed by atoms with E-state index in [-0.39, 0.29) is 5.82 Å². The molecule has 1 heterocycles. The van der Waals surface area contributed by atoms with Gasteiger partial charge in [-0.05, 0) is 30.4 Å². The number of hydrogen-bond acceptors (Lipinski definition) is 2. The molecule has 124 valence electrons. The van der Waals surface area contributed by atoms with Crippen molar-refractivity contribution < 1.29 is 8.81 Å². The lowest BCUT2D eigenvalue weighted by molar-refractivity contribution is 0.487. The maximum atomic E-state index is 13.8. The zero-order chi connectivity index (χ0) is 17.1. The molecule has 0 fully saturated rings. The fraction of sp³-hybridized carbons (Fsp3) is 0.211. The number of hydrogen-bond donors (Lipinski definition) is 1. The van der Waals surface area contributed by atoms with Gasteiger partial charge in [0, 0.05) is 31.0 Å². The van der Waals surface area contributed by atoms with Gasteiger partial charge in [0.05, 0.1) is 5.69 Å². The molecule has 0 bridgehead atoms. The van der Waals surface area contributed by atoms with Crippen molar-refractivity contribution in [1.82, 2.24) is 4.90 Å². The minimum Gasteiger partial charge on any atom is -0.461 e. The Morgan fingerprint density at radius 2 is 1.88 bits per heavy atom. The van der Waals surface area contributed by atoms with Gasteiger partial charge in [0.25, 0.3) is 0 Å². The number of anilines is 1. The molecule has 0 amide bonds. The smallest absolute Gasteiger partial charge is 0.173 e. The molecule has 3 nitrogen and oxygen atoms in total. The fourth-order valence-electron chi connectivity index (χ4n) is 2.69. The minimum atomic E-state index is -0.323. The van der Waals surface area contributed by atoms with Crippen LogP contribution in [0, 0.1) is 5.82 Å². The first kappa shape index (κ1) is 16.5. The molecule has 1 N–H and O–H groups in total. The third kappa shape index (κ3) is 3.26. The highest BCUT2D eigenvalue weighted by Crippen LogP contribution is 2.27. The van der Waals surface area contributed by atoms with Crippen molar-refractivity contribution in [3.05, 3.63) is 65.7 Å². The summed E-state index contributed by atoms with van der Waals surface area (Å²) in [4.78, 5) is 1.89. The first-order valence-electron chi connectivity index (χ1n) is 7.86. The van der Waals surface area contributed by atoms with Crippen molar-refractivity contribution in [1.29, 1.82) is 0 Å². The van der Waals surface area contributed by atoms with E-state index >= 15 is 0 Å². The predicted octanol–water partition coefficient (Wildman–Crippen LogP) is 4.96. The maximum absolute atomic E-state index is 13.8. The lowest BCUT2D eigenvalue weighted by Gasteiger charge is -2.21. The minimum absolute atomic E-state index is 0.323. The lowest BCUT2D eigenvalue weighted by Crippen LogP contribution is -2.31. The zero-order valence-corrected chi connectivity index (χ0v) is 14.5. The molecule has 3 aromatic rings. The van der Waals surface area contributed by atoms with Gasteiger partial charge in [0.1, 0.15) is 17.2 Å². The number of nitrogens with one attached hydrogen (secondary N) is 1. The Balaban J connectivity index is 1.81. The Morgan fingerprint density at radius 3 is 2.62 bits per heavy atom. The van der Waals surface area contributed by atoms with Gasteiger partial charge < -0.3 is 14.6 Å².